The van der Waals surface area contributed by atoms with Crippen molar-refractivity contribution >= 4 is 56.4 Å². The van der Waals surface area contributed by atoms with Crippen LogP contribution in [-0.4, -0.2) is 67.7 Å². The van der Waals surface area contributed by atoms with Gasteiger partial charge in [-0.2, -0.15) is 0 Å². The van der Waals surface area contributed by atoms with Gasteiger partial charge in [-0.1, -0.05) is 29.8 Å². The summed E-state index contributed by atoms with van der Waals surface area (Å²) in [4.78, 5) is 46.6. The molecule has 3 aliphatic rings. The van der Waals surface area contributed by atoms with Gasteiger partial charge in [0.1, 0.15) is 5.75 Å². The second kappa shape index (κ2) is 13.1. The smallest absolute Gasteiger partial charge is 0.257 e. The highest BCUT2D eigenvalue weighted by Gasteiger charge is 2.36. The maximum Gasteiger partial charge on any atom is 0.257 e. The standard InChI is InChI=1S/C36H35BrClN5O4/c1-47-26-10-11-28(37)27(19-26)35(45)39-30-18-24(36(46)41-15-13-40(14-16-41)32-6-3-2-5-29(32)38)9-12-33(30)42-20-23-17-25(22-42)31-7-4-8-34(44)43(31)21-23/h2-12,18-19,23,25H,13-17,20-22H2,1H3,(H,39,45). The number of hydrogen-bond acceptors (Lipinski definition) is 6. The summed E-state index contributed by atoms with van der Waals surface area (Å²) in [6, 6.07) is 24.1. The van der Waals surface area contributed by atoms with Crippen molar-refractivity contribution in [3.8, 4) is 5.75 Å². The molecule has 7 rings (SSSR count). The van der Waals surface area contributed by atoms with Gasteiger partial charge in [0.25, 0.3) is 17.4 Å². The van der Waals surface area contributed by atoms with Crippen molar-refractivity contribution in [2.75, 3.05) is 61.5 Å². The molecule has 4 heterocycles. The van der Waals surface area contributed by atoms with Gasteiger partial charge >= 0.3 is 0 Å². The summed E-state index contributed by atoms with van der Waals surface area (Å²) in [5.74, 6) is 0.633. The van der Waals surface area contributed by atoms with Crippen LogP contribution in [-0.2, 0) is 6.54 Å². The Balaban J connectivity index is 1.17. The molecule has 0 spiro atoms. The zero-order valence-corrected chi connectivity index (χ0v) is 28.3. The number of methoxy groups -OCH3 is 1. The number of ether oxygens (including phenoxy) is 1. The number of pyridine rings is 1. The normalized spacial score (nSPS) is 18.8. The van der Waals surface area contributed by atoms with E-state index < -0.39 is 0 Å². The Hall–Kier alpha value is -4.28. The molecule has 3 aliphatic heterocycles. The summed E-state index contributed by atoms with van der Waals surface area (Å²) >= 11 is 9.95. The van der Waals surface area contributed by atoms with Gasteiger partial charge in [0, 0.05) is 73.5 Å². The lowest BCUT2D eigenvalue weighted by Crippen LogP contribution is -2.49. The zero-order valence-electron chi connectivity index (χ0n) is 26.0. The van der Waals surface area contributed by atoms with Crippen LogP contribution in [0.5, 0.6) is 5.75 Å². The molecule has 2 unspecified atom stereocenters. The Morgan fingerprint density at radius 1 is 0.872 bits per heavy atom. The van der Waals surface area contributed by atoms with E-state index in [4.69, 9.17) is 16.3 Å². The van der Waals surface area contributed by atoms with E-state index >= 15 is 0 Å². The predicted octanol–water partition coefficient (Wildman–Crippen LogP) is 6.11. The Morgan fingerprint density at radius 2 is 1.68 bits per heavy atom. The number of piperidine rings is 1. The van der Waals surface area contributed by atoms with Crippen molar-refractivity contribution in [3.63, 3.8) is 0 Å². The number of rotatable bonds is 6. The van der Waals surface area contributed by atoms with E-state index in [1.54, 1.807) is 37.4 Å². The fraction of sp³-hybridized carbons (Fsp3) is 0.306. The number of benzene rings is 3. The van der Waals surface area contributed by atoms with Gasteiger partial charge < -0.3 is 29.3 Å². The third-order valence-electron chi connectivity index (χ3n) is 9.49. The first-order valence-corrected chi connectivity index (χ1v) is 17.0. The van der Waals surface area contributed by atoms with Crippen LogP contribution in [0.1, 0.15) is 38.7 Å². The van der Waals surface area contributed by atoms with E-state index in [9.17, 15) is 14.4 Å². The van der Waals surface area contributed by atoms with E-state index in [-0.39, 0.29) is 29.2 Å². The fourth-order valence-electron chi connectivity index (χ4n) is 7.17. The lowest BCUT2D eigenvalue weighted by molar-refractivity contribution is 0.0746. The van der Waals surface area contributed by atoms with E-state index in [0.717, 1.165) is 30.0 Å². The van der Waals surface area contributed by atoms with Crippen LogP contribution in [0.3, 0.4) is 0 Å². The number of halogens is 2. The molecule has 1 aromatic heterocycles. The average molecular weight is 717 g/mol. The third-order valence-corrected chi connectivity index (χ3v) is 10.5. The molecule has 0 radical (unpaired) electrons. The van der Waals surface area contributed by atoms with Crippen molar-refractivity contribution in [1.29, 1.82) is 0 Å². The second-order valence-electron chi connectivity index (χ2n) is 12.4. The van der Waals surface area contributed by atoms with Crippen LogP contribution in [0.25, 0.3) is 0 Å². The first-order valence-electron chi connectivity index (χ1n) is 15.8. The molecule has 2 fully saturated rings. The summed E-state index contributed by atoms with van der Waals surface area (Å²) in [5, 5.41) is 3.83. The van der Waals surface area contributed by atoms with E-state index in [2.05, 4.69) is 31.0 Å². The maximum absolute atomic E-state index is 13.9. The molecule has 11 heteroatoms. The highest BCUT2D eigenvalue weighted by atomic mass is 79.9. The van der Waals surface area contributed by atoms with Gasteiger partial charge in [-0.05, 0) is 82.9 Å². The van der Waals surface area contributed by atoms with Crippen LogP contribution in [0.4, 0.5) is 17.1 Å². The summed E-state index contributed by atoms with van der Waals surface area (Å²) in [6.07, 6.45) is 1.01. The van der Waals surface area contributed by atoms with Crippen molar-refractivity contribution < 1.29 is 14.3 Å². The van der Waals surface area contributed by atoms with Gasteiger partial charge in [-0.3, -0.25) is 14.4 Å². The number of aromatic nitrogens is 1. The molecule has 2 bridgehead atoms. The average Bonchev–Trinajstić information content (AvgIpc) is 3.09. The fourth-order valence-corrected chi connectivity index (χ4v) is 7.86. The summed E-state index contributed by atoms with van der Waals surface area (Å²) in [7, 11) is 1.56. The van der Waals surface area contributed by atoms with Gasteiger partial charge in [-0.25, -0.2) is 0 Å². The lowest BCUT2D eigenvalue weighted by atomic mass is 9.83. The number of carbonyl (C=O) groups excluding carboxylic acids is 2. The molecule has 242 valence electrons. The highest BCUT2D eigenvalue weighted by molar-refractivity contribution is 9.10. The molecular formula is C36H35BrClN5O4. The second-order valence-corrected chi connectivity index (χ2v) is 13.6. The Morgan fingerprint density at radius 3 is 2.47 bits per heavy atom. The van der Waals surface area contributed by atoms with E-state index in [1.807, 2.05) is 58.0 Å². The van der Waals surface area contributed by atoms with Crippen molar-refractivity contribution in [2.24, 2.45) is 5.92 Å². The molecule has 4 aromatic rings. The predicted molar refractivity (Wildman–Crippen MR) is 188 cm³/mol. The number of carbonyl (C=O) groups is 2. The molecule has 0 aliphatic carbocycles. The van der Waals surface area contributed by atoms with Crippen LogP contribution < -0.4 is 25.4 Å². The first kappa shape index (κ1) is 31.3. The van der Waals surface area contributed by atoms with Gasteiger partial charge in [0.2, 0.25) is 0 Å². The summed E-state index contributed by atoms with van der Waals surface area (Å²) in [5.41, 5.74) is 4.40. The molecule has 47 heavy (non-hydrogen) atoms. The molecule has 1 N–H and O–H groups in total. The number of para-hydroxylation sites is 1. The van der Waals surface area contributed by atoms with Crippen LogP contribution in [0.15, 0.2) is 88.1 Å². The minimum Gasteiger partial charge on any atom is -0.497 e. The molecular weight excluding hydrogens is 682 g/mol. The van der Waals surface area contributed by atoms with Crippen LogP contribution in [0.2, 0.25) is 5.02 Å². The number of fused-ring (bicyclic) bond motifs is 4. The minimum absolute atomic E-state index is 0.0398. The molecule has 2 saturated heterocycles. The molecule has 2 amide bonds. The maximum atomic E-state index is 13.9. The lowest BCUT2D eigenvalue weighted by Gasteiger charge is -2.44. The molecule has 0 saturated carbocycles. The Labute approximate surface area is 286 Å². The SMILES string of the molecule is COc1ccc(Br)c(C(=O)Nc2cc(C(=O)N3CCN(c4ccccc4Cl)CC3)ccc2N2CC3CC(C2)c2cccc(=O)n2C3)c1. The topological polar surface area (TPSA) is 87.1 Å². The monoisotopic (exact) mass is 715 g/mol. The van der Waals surface area contributed by atoms with Crippen molar-refractivity contribution in [1.82, 2.24) is 9.47 Å². The number of amides is 2. The molecule has 3 aromatic carbocycles. The molecule has 2 atom stereocenters. The van der Waals surface area contributed by atoms with E-state index in [1.165, 1.54) is 0 Å². The van der Waals surface area contributed by atoms with Gasteiger partial charge in [-0.15, -0.1) is 0 Å². The third kappa shape index (κ3) is 6.24. The van der Waals surface area contributed by atoms with Crippen LogP contribution in [0, 0.1) is 5.92 Å². The number of nitrogens with one attached hydrogen (secondary N) is 1. The van der Waals surface area contributed by atoms with Gasteiger partial charge in [0.15, 0.2) is 0 Å². The quantitative estimate of drug-likeness (QED) is 0.259. The Bertz CT molecular complexity index is 1910. The van der Waals surface area contributed by atoms with Crippen LogP contribution >= 0.6 is 27.5 Å². The summed E-state index contributed by atoms with van der Waals surface area (Å²) in [6.45, 7) is 4.54. The summed E-state index contributed by atoms with van der Waals surface area (Å²) < 4.78 is 7.92. The van der Waals surface area contributed by atoms with Crippen molar-refractivity contribution in [2.45, 2.75) is 18.9 Å². The van der Waals surface area contributed by atoms with Gasteiger partial charge in [0.05, 0.1) is 34.8 Å². The largest absolute Gasteiger partial charge is 0.497 e. The highest BCUT2D eigenvalue weighted by Crippen LogP contribution is 2.40. The van der Waals surface area contributed by atoms with Crippen molar-refractivity contribution in [3.05, 3.63) is 116 Å². The number of nitrogens with zero attached hydrogens (tertiary/aromatic N) is 4. The number of piperazine rings is 1. The minimum atomic E-state index is -0.316. The zero-order chi connectivity index (χ0) is 32.7. The first-order chi connectivity index (χ1) is 22.8. The van der Waals surface area contributed by atoms with E-state index in [0.29, 0.717) is 71.3 Å². The number of anilines is 3. The molecule has 9 nitrogen and oxygen atoms in total. The Kier molecular flexibility index (Phi) is 8.72. The number of hydrogen-bond donors (Lipinski definition) is 1.